The first kappa shape index (κ1) is 31.4. The van der Waals surface area contributed by atoms with Gasteiger partial charge in [0.05, 0.1) is 25.8 Å². The molecule has 10 nitrogen and oxygen atoms in total. The van der Waals surface area contributed by atoms with E-state index in [-0.39, 0.29) is 36.0 Å². The molecule has 0 bridgehead atoms. The molecule has 44 heavy (non-hydrogen) atoms. The van der Waals surface area contributed by atoms with Crippen molar-refractivity contribution in [1.29, 1.82) is 0 Å². The van der Waals surface area contributed by atoms with E-state index in [1.54, 1.807) is 42.2 Å². The third-order valence-corrected chi connectivity index (χ3v) is 9.53. The molecule has 1 aliphatic rings. The lowest BCUT2D eigenvalue weighted by atomic mass is 9.82. The van der Waals surface area contributed by atoms with Crippen LogP contribution in [0.1, 0.15) is 36.4 Å². The van der Waals surface area contributed by atoms with Gasteiger partial charge in [-0.3, -0.25) is 4.68 Å². The number of hydrogen-bond acceptors (Lipinski definition) is 8. The maximum Gasteiger partial charge on any atom is 0.268 e. The highest BCUT2D eigenvalue weighted by Gasteiger charge is 2.44. The van der Waals surface area contributed by atoms with E-state index in [0.717, 1.165) is 22.8 Å². The highest BCUT2D eigenvalue weighted by Crippen LogP contribution is 2.44. The van der Waals surface area contributed by atoms with Gasteiger partial charge in [0, 0.05) is 67.7 Å². The molecule has 234 valence electrons. The average Bonchev–Trinajstić information content (AvgIpc) is 3.42. The van der Waals surface area contributed by atoms with Crippen LogP contribution in [0.15, 0.2) is 66.1 Å². The van der Waals surface area contributed by atoms with Crippen LogP contribution in [0.4, 0.5) is 19.0 Å². The van der Waals surface area contributed by atoms with E-state index in [1.165, 1.54) is 26.5 Å². The lowest BCUT2D eigenvalue weighted by Crippen LogP contribution is -2.39. The van der Waals surface area contributed by atoms with Crippen LogP contribution in [0.5, 0.6) is 17.2 Å². The van der Waals surface area contributed by atoms with E-state index >= 15 is 4.39 Å². The molecule has 1 aliphatic carbocycles. The van der Waals surface area contributed by atoms with Gasteiger partial charge < -0.3 is 14.2 Å². The highest BCUT2D eigenvalue weighted by atomic mass is 35.5. The Bertz CT molecular complexity index is 1740. The monoisotopic (exact) mass is 651 g/mol. The Morgan fingerprint density at radius 2 is 1.89 bits per heavy atom. The largest absolute Gasteiger partial charge is 0.497 e. The van der Waals surface area contributed by atoms with Crippen LogP contribution < -0.4 is 18.5 Å². The van der Waals surface area contributed by atoms with Crippen molar-refractivity contribution in [3.63, 3.8) is 0 Å². The molecule has 2 heterocycles. The molecule has 0 N–H and O–H groups in total. The number of ether oxygens (including phenoxy) is 3. The van der Waals surface area contributed by atoms with Crippen molar-refractivity contribution >= 4 is 27.4 Å². The molecule has 2 aromatic carbocycles. The fraction of sp³-hybridized carbons (Fsp3) is 0.345. The number of sulfonamides is 1. The van der Waals surface area contributed by atoms with Gasteiger partial charge in [-0.15, -0.1) is 0 Å². The zero-order valence-corrected chi connectivity index (χ0v) is 25.5. The number of nitrogens with zero attached hydrogens (tertiary/aromatic N) is 5. The number of rotatable bonds is 10. The summed E-state index contributed by atoms with van der Waals surface area (Å²) in [5.41, 5.74) is 1.11. The Kier molecular flexibility index (Phi) is 8.93. The number of halogens is 4. The van der Waals surface area contributed by atoms with E-state index in [4.69, 9.17) is 25.8 Å². The summed E-state index contributed by atoms with van der Waals surface area (Å²) in [5, 5.41) is 3.85. The molecule has 0 aliphatic heterocycles. The minimum absolute atomic E-state index is 0.0443. The molecule has 2 aromatic heterocycles. The molecule has 2 atom stereocenters. The lowest BCUT2D eigenvalue weighted by Gasteiger charge is -2.36. The number of aryl methyl sites for hydroxylation is 1. The minimum atomic E-state index is -4.66. The Morgan fingerprint density at radius 3 is 2.55 bits per heavy atom. The van der Waals surface area contributed by atoms with E-state index < -0.39 is 45.1 Å². The van der Waals surface area contributed by atoms with Crippen molar-refractivity contribution in [3.05, 3.63) is 83.3 Å². The van der Waals surface area contributed by atoms with Crippen LogP contribution in [-0.4, -0.2) is 54.4 Å². The third kappa shape index (κ3) is 6.41. The summed E-state index contributed by atoms with van der Waals surface area (Å²) in [5.74, 6) is -4.16. The summed E-state index contributed by atoms with van der Waals surface area (Å²) in [6, 6.07) is 9.58. The van der Waals surface area contributed by atoms with Crippen LogP contribution in [0.25, 0.3) is 0 Å². The zero-order valence-electron chi connectivity index (χ0n) is 24.0. The first-order valence-corrected chi connectivity index (χ1v) is 15.3. The molecular weight excluding hydrogens is 623 g/mol. The predicted molar refractivity (Wildman–Crippen MR) is 156 cm³/mol. The first-order chi connectivity index (χ1) is 20.9. The van der Waals surface area contributed by atoms with Gasteiger partial charge in [-0.05, 0) is 30.7 Å². The summed E-state index contributed by atoms with van der Waals surface area (Å²) in [6.07, 6.45) is 2.10. The summed E-state index contributed by atoms with van der Waals surface area (Å²) in [6.45, 7) is -0.300. The van der Waals surface area contributed by atoms with Crippen LogP contribution in [0.2, 0.25) is 5.02 Å². The number of hydrogen-bond donors (Lipinski definition) is 0. The quantitative estimate of drug-likeness (QED) is 0.213. The SMILES string of the molecule is COc1ccc(CN(c2ccncn2)S(=O)(=O)c2cc(Cl)c(O[C@H]3CC(F)(F)CC[C@@H]3c3ccnn3C)cc2F)c(OC)c1. The fourth-order valence-corrected chi connectivity index (χ4v) is 6.98. The van der Waals surface area contributed by atoms with E-state index in [0.29, 0.717) is 22.8 Å². The number of anilines is 1. The Balaban J connectivity index is 1.50. The van der Waals surface area contributed by atoms with E-state index in [2.05, 4.69) is 15.1 Å². The second kappa shape index (κ2) is 12.5. The Hall–Kier alpha value is -4.04. The Labute approximate surface area is 257 Å². The first-order valence-electron chi connectivity index (χ1n) is 13.4. The van der Waals surface area contributed by atoms with Crippen molar-refractivity contribution in [2.45, 2.75) is 48.6 Å². The van der Waals surface area contributed by atoms with Crippen LogP contribution in [0.3, 0.4) is 0 Å². The van der Waals surface area contributed by atoms with Crippen LogP contribution in [-0.2, 0) is 23.6 Å². The van der Waals surface area contributed by atoms with Gasteiger partial charge in [0.15, 0.2) is 0 Å². The fourth-order valence-electron chi connectivity index (χ4n) is 5.24. The maximum atomic E-state index is 15.7. The van der Waals surface area contributed by atoms with Gasteiger partial charge in [0.1, 0.15) is 46.2 Å². The summed E-state index contributed by atoms with van der Waals surface area (Å²) < 4.78 is 91.7. The van der Waals surface area contributed by atoms with Crippen molar-refractivity contribution in [3.8, 4) is 17.2 Å². The molecule has 0 spiro atoms. The molecule has 15 heteroatoms. The standard InChI is InChI=1S/C29H29ClF3N5O5S/c1-37-23(7-11-36-37)20-6-9-29(32,33)15-26(20)43-25-14-22(31)27(13-21(25)30)44(39,40)38(28-8-10-34-17-35-28)16-18-4-5-19(41-2)12-24(18)42-3/h4-5,7-8,10-14,17,20,26H,6,9,15-16H2,1-3H3/t20-,26+/m1/s1. The predicted octanol–water partition coefficient (Wildman–Crippen LogP) is 5.77. The van der Waals surface area contributed by atoms with Crippen molar-refractivity contribution < 1.29 is 35.8 Å². The lowest BCUT2D eigenvalue weighted by molar-refractivity contribution is -0.0780. The molecular formula is C29H29ClF3N5O5S. The smallest absolute Gasteiger partial charge is 0.268 e. The number of alkyl halides is 2. The Morgan fingerprint density at radius 1 is 1.09 bits per heavy atom. The second-order valence-corrected chi connectivity index (χ2v) is 12.4. The van der Waals surface area contributed by atoms with Gasteiger partial charge in [0.2, 0.25) is 0 Å². The average molecular weight is 652 g/mol. The van der Waals surface area contributed by atoms with Crippen molar-refractivity contribution in [1.82, 2.24) is 19.7 Å². The molecule has 0 unspecified atom stereocenters. The highest BCUT2D eigenvalue weighted by molar-refractivity contribution is 7.92. The number of methoxy groups -OCH3 is 2. The van der Waals surface area contributed by atoms with E-state index in [9.17, 15) is 17.2 Å². The molecule has 4 aromatic rings. The molecule has 0 amide bonds. The van der Waals surface area contributed by atoms with Gasteiger partial charge in [-0.25, -0.2) is 35.9 Å². The summed E-state index contributed by atoms with van der Waals surface area (Å²) >= 11 is 6.45. The molecule has 5 rings (SSSR count). The zero-order chi connectivity index (χ0) is 31.6. The number of benzene rings is 2. The molecule has 0 saturated heterocycles. The molecule has 1 saturated carbocycles. The van der Waals surface area contributed by atoms with Gasteiger partial charge in [-0.1, -0.05) is 11.6 Å². The van der Waals surface area contributed by atoms with Gasteiger partial charge >= 0.3 is 0 Å². The minimum Gasteiger partial charge on any atom is -0.497 e. The van der Waals surface area contributed by atoms with Crippen molar-refractivity contribution in [2.75, 3.05) is 18.5 Å². The van der Waals surface area contributed by atoms with Crippen LogP contribution >= 0.6 is 11.6 Å². The normalized spacial score (nSPS) is 18.1. The van der Waals surface area contributed by atoms with Gasteiger partial charge in [-0.2, -0.15) is 5.10 Å². The maximum absolute atomic E-state index is 15.7. The van der Waals surface area contributed by atoms with Gasteiger partial charge in [0.25, 0.3) is 15.9 Å². The van der Waals surface area contributed by atoms with E-state index in [1.807, 2.05) is 0 Å². The van der Waals surface area contributed by atoms with Crippen LogP contribution in [0, 0.1) is 5.82 Å². The third-order valence-electron chi connectivity index (χ3n) is 7.47. The molecule has 1 fully saturated rings. The summed E-state index contributed by atoms with van der Waals surface area (Å²) in [7, 11) is -0.0712. The molecule has 0 radical (unpaired) electrons. The van der Waals surface area contributed by atoms with Crippen molar-refractivity contribution in [2.24, 2.45) is 7.05 Å². The second-order valence-electron chi connectivity index (χ2n) is 10.2. The number of aromatic nitrogens is 4. The summed E-state index contributed by atoms with van der Waals surface area (Å²) in [4.78, 5) is 7.14. The topological polar surface area (TPSA) is 109 Å².